The summed E-state index contributed by atoms with van der Waals surface area (Å²) < 4.78 is 0. The second-order valence-electron chi connectivity index (χ2n) is 6.21. The molecule has 0 aromatic heterocycles. The van der Waals surface area contributed by atoms with Gasteiger partial charge in [0.25, 0.3) is 0 Å². The molecule has 0 spiro atoms. The van der Waals surface area contributed by atoms with Crippen molar-refractivity contribution in [1.82, 2.24) is 5.01 Å². The Kier molecular flexibility index (Phi) is 1.63. The van der Waals surface area contributed by atoms with Crippen LogP contribution in [0.2, 0.25) is 0 Å². The molecule has 2 saturated carbocycles. The van der Waals surface area contributed by atoms with Crippen LogP contribution in [-0.4, -0.2) is 28.0 Å². The van der Waals surface area contributed by atoms with E-state index >= 15 is 0 Å². The lowest BCUT2D eigenvalue weighted by atomic mass is 9.65. The Balaban J connectivity index is 2.21. The zero-order valence-corrected chi connectivity index (χ0v) is 10.1. The largest absolute Gasteiger partial charge is 0.367 e. The first-order valence-corrected chi connectivity index (χ1v) is 6.01. The van der Waals surface area contributed by atoms with Crippen molar-refractivity contribution in [2.75, 3.05) is 6.54 Å². The van der Waals surface area contributed by atoms with Gasteiger partial charge in [0.1, 0.15) is 0 Å². The molecule has 3 rings (SSSR count). The number of carbonyl (C=O) groups is 1. The molecule has 4 bridgehead atoms. The average Bonchev–Trinajstić information content (AvgIpc) is 2.68. The van der Waals surface area contributed by atoms with Gasteiger partial charge in [-0.05, 0) is 25.2 Å². The predicted molar refractivity (Wildman–Crippen MR) is 59.2 cm³/mol. The van der Waals surface area contributed by atoms with Crippen molar-refractivity contribution in [3.8, 4) is 0 Å². The Labute approximate surface area is 99.3 Å². The maximum Gasteiger partial charge on any atom is 0.249 e. The number of nitrogens with zero attached hydrogens (tertiary/aromatic N) is 2. The molecule has 17 heavy (non-hydrogen) atoms. The van der Waals surface area contributed by atoms with Crippen LogP contribution in [0.3, 0.4) is 0 Å². The topological polar surface area (TPSA) is 89.5 Å². The molecule has 3 fully saturated rings. The second-order valence-corrected chi connectivity index (χ2v) is 6.21. The molecule has 3 aliphatic rings. The molecule has 94 valence electrons. The van der Waals surface area contributed by atoms with E-state index in [9.17, 15) is 14.9 Å². The number of piperidine rings is 1. The van der Waals surface area contributed by atoms with Crippen LogP contribution in [0.1, 0.15) is 33.1 Å². The quantitative estimate of drug-likeness (QED) is 0.562. The van der Waals surface area contributed by atoms with Crippen LogP contribution >= 0.6 is 0 Å². The van der Waals surface area contributed by atoms with Crippen LogP contribution in [-0.2, 0) is 4.79 Å². The number of hydrogen-bond acceptors (Lipinski definition) is 3. The lowest BCUT2D eigenvalue weighted by Gasteiger charge is -2.40. The molecule has 0 aromatic rings. The summed E-state index contributed by atoms with van der Waals surface area (Å²) >= 11 is 0. The van der Waals surface area contributed by atoms with Crippen LogP contribution in [0.25, 0.3) is 0 Å². The van der Waals surface area contributed by atoms with Crippen molar-refractivity contribution in [1.29, 1.82) is 0 Å². The van der Waals surface area contributed by atoms with Crippen molar-refractivity contribution >= 4 is 5.91 Å². The SMILES string of the molecule is C[C@@]12CC[C@H]3C[C@]1(C(N)=O)N([N+](=O)[O-])C[C@@]32C. The molecule has 0 radical (unpaired) electrons. The van der Waals surface area contributed by atoms with Gasteiger partial charge in [-0.3, -0.25) is 4.79 Å². The van der Waals surface area contributed by atoms with Crippen molar-refractivity contribution in [2.24, 2.45) is 22.5 Å². The lowest BCUT2D eigenvalue weighted by Crippen LogP contribution is -2.63. The highest BCUT2D eigenvalue weighted by molar-refractivity contribution is 5.87. The van der Waals surface area contributed by atoms with Crippen molar-refractivity contribution < 1.29 is 9.83 Å². The fourth-order valence-corrected chi connectivity index (χ4v) is 4.94. The van der Waals surface area contributed by atoms with Gasteiger partial charge in [0.05, 0.1) is 6.54 Å². The summed E-state index contributed by atoms with van der Waals surface area (Å²) in [7, 11) is 0. The fourth-order valence-electron chi connectivity index (χ4n) is 4.94. The van der Waals surface area contributed by atoms with E-state index in [2.05, 4.69) is 6.92 Å². The van der Waals surface area contributed by atoms with Gasteiger partial charge in [-0.15, -0.1) is 5.01 Å². The molecule has 0 unspecified atom stereocenters. The molecular weight excluding hydrogens is 222 g/mol. The number of nitro groups is 1. The monoisotopic (exact) mass is 239 g/mol. The van der Waals surface area contributed by atoms with Gasteiger partial charge >= 0.3 is 0 Å². The van der Waals surface area contributed by atoms with E-state index in [-0.39, 0.29) is 10.8 Å². The van der Waals surface area contributed by atoms with Gasteiger partial charge in [0.2, 0.25) is 5.91 Å². The standard InChI is InChI=1S/C11H17N3O3/c1-9-6-13(14(16)17)11(8(12)15)5-7(9)3-4-10(9,11)2/h7H,3-6H2,1-2H3,(H2,12,15)/t7-,9-,10-,11+/m0/s1. The summed E-state index contributed by atoms with van der Waals surface area (Å²) in [5.74, 6) is -0.126. The summed E-state index contributed by atoms with van der Waals surface area (Å²) in [4.78, 5) is 23.1. The molecule has 2 aliphatic carbocycles. The van der Waals surface area contributed by atoms with Crippen LogP contribution in [0.5, 0.6) is 0 Å². The van der Waals surface area contributed by atoms with Crippen molar-refractivity contribution in [2.45, 2.75) is 38.6 Å². The van der Waals surface area contributed by atoms with E-state index in [0.717, 1.165) is 17.9 Å². The number of hydrazine groups is 1. The van der Waals surface area contributed by atoms with E-state index in [1.807, 2.05) is 6.92 Å². The zero-order chi connectivity index (χ0) is 12.6. The molecule has 0 aromatic carbocycles. The average molecular weight is 239 g/mol. The molecule has 4 atom stereocenters. The molecule has 1 aliphatic heterocycles. The Bertz CT molecular complexity index is 440. The van der Waals surface area contributed by atoms with E-state index in [4.69, 9.17) is 5.73 Å². The number of amides is 1. The Hall–Kier alpha value is -1.33. The third-order valence-electron chi connectivity index (χ3n) is 6.13. The minimum Gasteiger partial charge on any atom is -0.367 e. The first kappa shape index (κ1) is 10.8. The molecule has 1 heterocycles. The lowest BCUT2D eigenvalue weighted by molar-refractivity contribution is -0.671. The summed E-state index contributed by atoms with van der Waals surface area (Å²) in [6.07, 6.45) is 2.48. The van der Waals surface area contributed by atoms with Gasteiger partial charge < -0.3 is 5.73 Å². The summed E-state index contributed by atoms with van der Waals surface area (Å²) in [5, 5.41) is 11.9. The molecule has 6 heteroatoms. The van der Waals surface area contributed by atoms with Crippen LogP contribution < -0.4 is 5.73 Å². The van der Waals surface area contributed by atoms with Crippen molar-refractivity contribution in [3.63, 3.8) is 0 Å². The van der Waals surface area contributed by atoms with Gasteiger partial charge in [-0.2, -0.15) is 0 Å². The van der Waals surface area contributed by atoms with Crippen LogP contribution in [0.15, 0.2) is 0 Å². The maximum absolute atomic E-state index is 11.9. The third-order valence-corrected chi connectivity index (χ3v) is 6.13. The molecule has 2 N–H and O–H groups in total. The summed E-state index contributed by atoms with van der Waals surface area (Å²) in [6.45, 7) is 4.44. The Morgan fingerprint density at radius 2 is 2.18 bits per heavy atom. The fraction of sp³-hybridized carbons (Fsp3) is 0.909. The molecule has 6 nitrogen and oxygen atoms in total. The highest BCUT2D eigenvalue weighted by Gasteiger charge is 2.83. The summed E-state index contributed by atoms with van der Waals surface area (Å²) in [6, 6.07) is 0. The van der Waals surface area contributed by atoms with Crippen molar-refractivity contribution in [3.05, 3.63) is 10.1 Å². The highest BCUT2D eigenvalue weighted by Crippen LogP contribution is 2.75. The number of rotatable bonds is 2. The smallest absolute Gasteiger partial charge is 0.249 e. The number of hydrogen-bond donors (Lipinski definition) is 1. The van der Waals surface area contributed by atoms with Gasteiger partial charge in [-0.1, -0.05) is 13.8 Å². The normalized spacial score (nSPS) is 50.9. The van der Waals surface area contributed by atoms with Gasteiger partial charge in [-0.25, -0.2) is 10.1 Å². The zero-order valence-electron chi connectivity index (χ0n) is 10.1. The Morgan fingerprint density at radius 1 is 1.53 bits per heavy atom. The third kappa shape index (κ3) is 0.788. The first-order valence-electron chi connectivity index (χ1n) is 6.01. The van der Waals surface area contributed by atoms with Crippen LogP contribution in [0.4, 0.5) is 0 Å². The Morgan fingerprint density at radius 3 is 2.65 bits per heavy atom. The number of carbonyl (C=O) groups excluding carboxylic acids is 1. The molecular formula is C11H17N3O3. The van der Waals surface area contributed by atoms with Gasteiger partial charge in [0.15, 0.2) is 10.6 Å². The molecule has 1 saturated heterocycles. The van der Waals surface area contributed by atoms with E-state index in [1.54, 1.807) is 0 Å². The minimum absolute atomic E-state index is 0.144. The van der Waals surface area contributed by atoms with E-state index in [1.165, 1.54) is 0 Å². The summed E-state index contributed by atoms with van der Waals surface area (Å²) in [5.41, 5.74) is 3.99. The van der Waals surface area contributed by atoms with Gasteiger partial charge in [0, 0.05) is 10.8 Å². The highest BCUT2D eigenvalue weighted by atomic mass is 16.7. The van der Waals surface area contributed by atoms with E-state index < -0.39 is 16.5 Å². The van der Waals surface area contributed by atoms with Crippen LogP contribution in [0, 0.1) is 26.9 Å². The van der Waals surface area contributed by atoms with E-state index in [0.29, 0.717) is 18.9 Å². The predicted octanol–water partition coefficient (Wildman–Crippen LogP) is 0.544. The minimum atomic E-state index is -1.06. The molecule has 1 amide bonds. The number of primary amides is 1. The number of nitrogens with two attached hydrogens (primary N) is 1. The maximum atomic E-state index is 11.9. The first-order chi connectivity index (χ1) is 7.79. The second kappa shape index (κ2) is 2.57.